The topological polar surface area (TPSA) is 76.7 Å². The molecule has 2 aromatic rings. The summed E-state index contributed by atoms with van der Waals surface area (Å²) in [5.41, 5.74) is 1.52. The normalized spacial score (nSPS) is 20.1. The summed E-state index contributed by atoms with van der Waals surface area (Å²) in [7, 11) is 0. The highest BCUT2D eigenvalue weighted by Gasteiger charge is 2.48. The average molecular weight is 418 g/mol. The maximum atomic E-state index is 14.5. The standard InChI is InChI=1S/C22H24F2N2O4/c23-22(24)13-7-12-18(25-20(27)29-14-16-8-3-1-4-9-16)19(22)26-21(28)30-15-17-10-5-2-6-11-17/h1-6,8-11,18-19H,7,12-15H2,(H,25,27)(H,26,28)/t18-,19-/m1/s1. The molecule has 0 aliphatic heterocycles. The first-order chi connectivity index (χ1) is 14.4. The number of carbonyl (C=O) groups is 2. The van der Waals surface area contributed by atoms with Gasteiger partial charge >= 0.3 is 12.2 Å². The zero-order chi connectivity index (χ0) is 21.4. The fourth-order valence-corrected chi connectivity index (χ4v) is 3.34. The van der Waals surface area contributed by atoms with Crippen molar-refractivity contribution in [2.75, 3.05) is 0 Å². The van der Waals surface area contributed by atoms with Crippen LogP contribution in [0.15, 0.2) is 60.7 Å². The van der Waals surface area contributed by atoms with Crippen LogP contribution in [-0.2, 0) is 22.7 Å². The van der Waals surface area contributed by atoms with Crippen LogP contribution in [0.4, 0.5) is 18.4 Å². The first-order valence-corrected chi connectivity index (χ1v) is 9.76. The molecular formula is C22H24F2N2O4. The number of nitrogens with one attached hydrogen (secondary N) is 2. The predicted molar refractivity (Wildman–Crippen MR) is 106 cm³/mol. The summed E-state index contributed by atoms with van der Waals surface area (Å²) in [6, 6.07) is 15.4. The summed E-state index contributed by atoms with van der Waals surface area (Å²) in [5.74, 6) is -3.18. The molecule has 0 saturated heterocycles. The van der Waals surface area contributed by atoms with Crippen LogP contribution in [0.2, 0.25) is 0 Å². The molecule has 0 spiro atoms. The van der Waals surface area contributed by atoms with Crippen molar-refractivity contribution in [3.05, 3.63) is 71.8 Å². The van der Waals surface area contributed by atoms with E-state index in [9.17, 15) is 18.4 Å². The second-order valence-corrected chi connectivity index (χ2v) is 7.15. The molecule has 0 radical (unpaired) electrons. The summed E-state index contributed by atoms with van der Waals surface area (Å²) >= 11 is 0. The number of benzene rings is 2. The van der Waals surface area contributed by atoms with Crippen LogP contribution in [0.1, 0.15) is 30.4 Å². The summed E-state index contributed by atoms with van der Waals surface area (Å²) in [6.07, 6.45) is -1.65. The third-order valence-electron chi connectivity index (χ3n) is 4.88. The van der Waals surface area contributed by atoms with Crippen molar-refractivity contribution < 1.29 is 27.8 Å². The zero-order valence-corrected chi connectivity index (χ0v) is 16.4. The van der Waals surface area contributed by atoms with Crippen LogP contribution < -0.4 is 10.6 Å². The Morgan fingerprint density at radius 1 is 0.867 bits per heavy atom. The molecule has 0 bridgehead atoms. The highest BCUT2D eigenvalue weighted by molar-refractivity contribution is 5.69. The van der Waals surface area contributed by atoms with Crippen molar-refractivity contribution in [1.29, 1.82) is 0 Å². The molecule has 2 atom stereocenters. The quantitative estimate of drug-likeness (QED) is 0.729. The van der Waals surface area contributed by atoms with Crippen LogP contribution in [0.25, 0.3) is 0 Å². The van der Waals surface area contributed by atoms with Gasteiger partial charge in [-0.2, -0.15) is 0 Å². The van der Waals surface area contributed by atoms with Gasteiger partial charge < -0.3 is 20.1 Å². The second kappa shape index (κ2) is 10.0. The maximum Gasteiger partial charge on any atom is 0.407 e. The van der Waals surface area contributed by atoms with Crippen LogP contribution in [0, 0.1) is 0 Å². The van der Waals surface area contributed by atoms with Gasteiger partial charge in [-0.05, 0) is 24.0 Å². The highest BCUT2D eigenvalue weighted by atomic mass is 19.3. The van der Waals surface area contributed by atoms with Gasteiger partial charge in [-0.1, -0.05) is 60.7 Å². The van der Waals surface area contributed by atoms with E-state index in [4.69, 9.17) is 9.47 Å². The molecule has 2 aromatic carbocycles. The Morgan fingerprint density at radius 2 is 1.37 bits per heavy atom. The fraction of sp³-hybridized carbons (Fsp3) is 0.364. The molecule has 30 heavy (non-hydrogen) atoms. The lowest BCUT2D eigenvalue weighted by Crippen LogP contribution is -2.62. The molecule has 1 fully saturated rings. The van der Waals surface area contributed by atoms with Crippen molar-refractivity contribution in [3.63, 3.8) is 0 Å². The van der Waals surface area contributed by atoms with E-state index in [2.05, 4.69) is 10.6 Å². The molecule has 3 rings (SSSR count). The molecule has 1 aliphatic carbocycles. The molecule has 2 amide bonds. The van der Waals surface area contributed by atoms with Gasteiger partial charge in [0.2, 0.25) is 0 Å². The van der Waals surface area contributed by atoms with Gasteiger partial charge in [0, 0.05) is 6.42 Å². The number of alkyl halides is 2. The number of alkyl carbamates (subject to hydrolysis) is 2. The smallest absolute Gasteiger partial charge is 0.407 e. The minimum Gasteiger partial charge on any atom is -0.445 e. The van der Waals surface area contributed by atoms with Crippen molar-refractivity contribution in [2.24, 2.45) is 0 Å². The number of hydrogen-bond acceptors (Lipinski definition) is 4. The SMILES string of the molecule is O=C(N[C@@H]1[C@H](NC(=O)OCc2ccccc2)CCCC1(F)F)OCc1ccccc1. The van der Waals surface area contributed by atoms with Crippen molar-refractivity contribution in [2.45, 2.75) is 50.5 Å². The van der Waals surface area contributed by atoms with Gasteiger partial charge in [0.05, 0.1) is 6.04 Å². The van der Waals surface area contributed by atoms with E-state index in [0.29, 0.717) is 6.42 Å². The molecule has 1 aliphatic rings. The van der Waals surface area contributed by atoms with Gasteiger partial charge in [0.15, 0.2) is 0 Å². The second-order valence-electron chi connectivity index (χ2n) is 7.15. The predicted octanol–water partition coefficient (Wildman–Crippen LogP) is 4.40. The van der Waals surface area contributed by atoms with E-state index in [0.717, 1.165) is 11.1 Å². The monoisotopic (exact) mass is 418 g/mol. The van der Waals surface area contributed by atoms with E-state index in [1.807, 2.05) is 12.1 Å². The van der Waals surface area contributed by atoms with Crippen LogP contribution in [-0.4, -0.2) is 30.2 Å². The first-order valence-electron chi connectivity index (χ1n) is 9.76. The van der Waals surface area contributed by atoms with E-state index in [1.165, 1.54) is 0 Å². The van der Waals surface area contributed by atoms with E-state index >= 15 is 0 Å². The number of amides is 2. The van der Waals surface area contributed by atoms with Crippen molar-refractivity contribution in [1.82, 2.24) is 10.6 Å². The van der Waals surface area contributed by atoms with Crippen molar-refractivity contribution in [3.8, 4) is 0 Å². The van der Waals surface area contributed by atoms with Crippen LogP contribution >= 0.6 is 0 Å². The third kappa shape index (κ3) is 6.17. The summed E-state index contributed by atoms with van der Waals surface area (Å²) in [4.78, 5) is 24.2. The molecule has 0 heterocycles. The van der Waals surface area contributed by atoms with Gasteiger partial charge in [-0.25, -0.2) is 18.4 Å². The highest BCUT2D eigenvalue weighted by Crippen LogP contribution is 2.34. The van der Waals surface area contributed by atoms with E-state index in [1.54, 1.807) is 48.5 Å². The largest absolute Gasteiger partial charge is 0.445 e. The Labute approximate surface area is 173 Å². The molecular weight excluding hydrogens is 394 g/mol. The lowest BCUT2D eigenvalue weighted by atomic mass is 9.87. The van der Waals surface area contributed by atoms with Crippen molar-refractivity contribution >= 4 is 12.2 Å². The Bertz CT molecular complexity index is 834. The van der Waals surface area contributed by atoms with E-state index < -0.39 is 30.2 Å². The molecule has 0 aromatic heterocycles. The number of halogens is 2. The molecule has 8 heteroatoms. The summed E-state index contributed by atoms with van der Waals surface area (Å²) < 4.78 is 39.1. The van der Waals surface area contributed by atoms with Gasteiger partial charge in [-0.3, -0.25) is 0 Å². The van der Waals surface area contributed by atoms with Crippen LogP contribution in [0.3, 0.4) is 0 Å². The first kappa shape index (κ1) is 21.5. The minimum atomic E-state index is -3.18. The third-order valence-corrected chi connectivity index (χ3v) is 4.88. The average Bonchev–Trinajstić information content (AvgIpc) is 2.74. The van der Waals surface area contributed by atoms with Gasteiger partial charge in [-0.15, -0.1) is 0 Å². The summed E-state index contributed by atoms with van der Waals surface area (Å²) in [5, 5.41) is 4.69. The van der Waals surface area contributed by atoms with E-state index in [-0.39, 0.29) is 26.1 Å². The molecule has 6 nitrogen and oxygen atoms in total. The lowest BCUT2D eigenvalue weighted by Gasteiger charge is -2.38. The number of ether oxygens (including phenoxy) is 2. The fourth-order valence-electron chi connectivity index (χ4n) is 3.34. The lowest BCUT2D eigenvalue weighted by molar-refractivity contribution is -0.0732. The Kier molecular flexibility index (Phi) is 7.21. The maximum absolute atomic E-state index is 14.5. The summed E-state index contributed by atoms with van der Waals surface area (Å²) in [6.45, 7) is -0.0187. The Hall–Kier alpha value is -3.16. The molecule has 2 N–H and O–H groups in total. The number of carbonyl (C=O) groups excluding carboxylic acids is 2. The van der Waals surface area contributed by atoms with Gasteiger partial charge in [0.25, 0.3) is 5.92 Å². The number of rotatable bonds is 6. The van der Waals surface area contributed by atoms with Gasteiger partial charge in [0.1, 0.15) is 19.3 Å². The number of hydrogen-bond donors (Lipinski definition) is 2. The Balaban J connectivity index is 1.55. The Morgan fingerprint density at radius 3 is 1.90 bits per heavy atom. The minimum absolute atomic E-state index is 0.0208. The molecule has 160 valence electrons. The van der Waals surface area contributed by atoms with Crippen LogP contribution in [0.5, 0.6) is 0 Å². The molecule has 0 unspecified atom stereocenters. The zero-order valence-electron chi connectivity index (χ0n) is 16.4. The molecule has 1 saturated carbocycles.